The Morgan fingerprint density at radius 1 is 1.03 bits per heavy atom. The highest BCUT2D eigenvalue weighted by atomic mass is 35.5. The van der Waals surface area contributed by atoms with Crippen LogP contribution in [0, 0.1) is 0 Å². The van der Waals surface area contributed by atoms with E-state index in [1.807, 2.05) is 39.0 Å². The fraction of sp³-hybridized carbons (Fsp3) is 0.348. The van der Waals surface area contributed by atoms with Gasteiger partial charge in [0.1, 0.15) is 5.54 Å². The molecule has 2 aromatic carbocycles. The quantitative estimate of drug-likeness (QED) is 0.537. The number of urea groups is 1. The molecule has 1 atom stereocenters. The van der Waals surface area contributed by atoms with Crippen LogP contribution in [0.25, 0.3) is 0 Å². The molecule has 1 fully saturated rings. The number of halogens is 1. The third-order valence-corrected chi connectivity index (χ3v) is 5.86. The molecule has 2 aromatic rings. The summed E-state index contributed by atoms with van der Waals surface area (Å²) in [6.07, 6.45) is 1.88. The van der Waals surface area contributed by atoms with E-state index in [1.165, 1.54) is 0 Å². The first kappa shape index (κ1) is 21.1. The summed E-state index contributed by atoms with van der Waals surface area (Å²) in [5.74, 6) is -0.644. The van der Waals surface area contributed by atoms with E-state index < -0.39 is 17.5 Å². The van der Waals surface area contributed by atoms with Gasteiger partial charge in [0, 0.05) is 10.6 Å². The van der Waals surface area contributed by atoms with Crippen molar-refractivity contribution in [2.24, 2.45) is 0 Å². The monoisotopic (exact) mass is 412 g/mol. The van der Waals surface area contributed by atoms with Gasteiger partial charge < -0.3 is 5.32 Å². The molecular formula is C23H25ClN2O3. The Labute approximate surface area is 176 Å². The maximum Gasteiger partial charge on any atom is 0.325 e. The van der Waals surface area contributed by atoms with Gasteiger partial charge in [0.25, 0.3) is 5.91 Å². The number of benzene rings is 2. The largest absolute Gasteiger partial charge is 0.325 e. The molecule has 0 aliphatic carbocycles. The van der Waals surface area contributed by atoms with Crippen molar-refractivity contribution in [3.8, 4) is 0 Å². The zero-order valence-corrected chi connectivity index (χ0v) is 17.7. The van der Waals surface area contributed by atoms with Gasteiger partial charge in [-0.15, -0.1) is 0 Å². The molecule has 1 aliphatic rings. The van der Waals surface area contributed by atoms with Gasteiger partial charge in [-0.05, 0) is 54.2 Å². The lowest BCUT2D eigenvalue weighted by atomic mass is 9.87. The summed E-state index contributed by atoms with van der Waals surface area (Å²) < 4.78 is 0. The first-order valence-corrected chi connectivity index (χ1v) is 10.3. The number of rotatable bonds is 7. The first-order valence-electron chi connectivity index (χ1n) is 9.91. The van der Waals surface area contributed by atoms with Crippen LogP contribution in [0.5, 0.6) is 0 Å². The van der Waals surface area contributed by atoms with Gasteiger partial charge in [0.15, 0.2) is 5.78 Å². The van der Waals surface area contributed by atoms with Crippen LogP contribution < -0.4 is 5.32 Å². The van der Waals surface area contributed by atoms with Crippen molar-refractivity contribution in [2.45, 2.75) is 45.6 Å². The van der Waals surface area contributed by atoms with Crippen LogP contribution in [0.2, 0.25) is 5.02 Å². The average molecular weight is 413 g/mol. The fourth-order valence-electron chi connectivity index (χ4n) is 3.78. The maximum absolute atomic E-state index is 13.3. The van der Waals surface area contributed by atoms with Crippen molar-refractivity contribution in [1.82, 2.24) is 10.2 Å². The second-order valence-electron chi connectivity index (χ2n) is 7.21. The molecule has 3 amide bonds. The van der Waals surface area contributed by atoms with Gasteiger partial charge in [-0.3, -0.25) is 14.5 Å². The molecule has 1 N–H and O–H groups in total. The summed E-state index contributed by atoms with van der Waals surface area (Å²) in [5, 5.41) is 3.35. The molecule has 29 heavy (non-hydrogen) atoms. The van der Waals surface area contributed by atoms with Crippen molar-refractivity contribution in [3.05, 3.63) is 69.7 Å². The number of nitrogens with zero attached hydrogens (tertiary/aromatic N) is 1. The third-order valence-electron chi connectivity index (χ3n) is 5.61. The van der Waals surface area contributed by atoms with Gasteiger partial charge in [-0.1, -0.05) is 56.6 Å². The first-order chi connectivity index (χ1) is 13.9. The molecule has 0 aromatic heterocycles. The number of Topliss-reactive ketones (excluding diaryl/α,β-unsaturated/α-hetero) is 1. The van der Waals surface area contributed by atoms with Gasteiger partial charge in [0.2, 0.25) is 0 Å². The Morgan fingerprint density at radius 2 is 1.72 bits per heavy atom. The predicted octanol–water partition coefficient (Wildman–Crippen LogP) is 4.50. The Bertz CT molecular complexity index is 955. The maximum atomic E-state index is 13.3. The number of amides is 3. The zero-order valence-electron chi connectivity index (χ0n) is 16.9. The summed E-state index contributed by atoms with van der Waals surface area (Å²) in [4.78, 5) is 40.0. The number of imide groups is 1. The van der Waals surface area contributed by atoms with E-state index in [0.717, 1.165) is 22.4 Å². The number of carbonyl (C=O) groups excluding carboxylic acids is 3. The number of hydrogen-bond donors (Lipinski definition) is 1. The molecule has 6 heteroatoms. The lowest BCUT2D eigenvalue weighted by molar-refractivity contribution is -0.131. The second-order valence-corrected chi connectivity index (χ2v) is 7.65. The standard InChI is InChI=1S/C23H25ClN2O3/c1-4-15-7-8-16(5-2)19(13-15)20(27)14-26-21(28)23(6-3,25-22(26)29)17-9-11-18(24)12-10-17/h7-13H,4-6,14H2,1-3H3,(H,25,29). The molecule has 1 saturated heterocycles. The van der Waals surface area contributed by atoms with Gasteiger partial charge in [-0.25, -0.2) is 4.79 Å². The zero-order chi connectivity index (χ0) is 21.2. The highest BCUT2D eigenvalue weighted by Crippen LogP contribution is 2.33. The van der Waals surface area contributed by atoms with Crippen molar-refractivity contribution in [2.75, 3.05) is 6.54 Å². The number of hydrogen-bond acceptors (Lipinski definition) is 3. The summed E-state index contributed by atoms with van der Waals surface area (Å²) >= 11 is 5.96. The van der Waals surface area contributed by atoms with Gasteiger partial charge in [-0.2, -0.15) is 0 Å². The minimum atomic E-state index is -1.18. The molecule has 152 valence electrons. The molecule has 1 heterocycles. The van der Waals surface area contributed by atoms with E-state index in [0.29, 0.717) is 29.0 Å². The van der Waals surface area contributed by atoms with E-state index >= 15 is 0 Å². The lowest BCUT2D eigenvalue weighted by Crippen LogP contribution is -2.43. The van der Waals surface area contributed by atoms with Crippen LogP contribution in [-0.4, -0.2) is 29.2 Å². The van der Waals surface area contributed by atoms with Crippen molar-refractivity contribution in [3.63, 3.8) is 0 Å². The Kier molecular flexibility index (Phi) is 6.08. The van der Waals surface area contributed by atoms with E-state index in [4.69, 9.17) is 11.6 Å². The number of carbonyl (C=O) groups is 3. The lowest BCUT2D eigenvalue weighted by Gasteiger charge is -2.25. The average Bonchev–Trinajstić information content (AvgIpc) is 2.98. The van der Waals surface area contributed by atoms with Crippen LogP contribution >= 0.6 is 11.6 Å². The molecule has 0 bridgehead atoms. The number of ketones is 1. The van der Waals surface area contributed by atoms with E-state index in [2.05, 4.69) is 5.32 Å². The molecule has 5 nitrogen and oxygen atoms in total. The molecule has 0 saturated carbocycles. The molecule has 0 spiro atoms. The van der Waals surface area contributed by atoms with Gasteiger partial charge >= 0.3 is 6.03 Å². The minimum Gasteiger partial charge on any atom is -0.319 e. The second kappa shape index (κ2) is 8.37. The summed E-state index contributed by atoms with van der Waals surface area (Å²) in [5.41, 5.74) is 2.01. The van der Waals surface area contributed by atoms with Gasteiger partial charge in [0.05, 0.1) is 6.54 Å². The van der Waals surface area contributed by atoms with E-state index in [9.17, 15) is 14.4 Å². The number of aryl methyl sites for hydroxylation is 2. The van der Waals surface area contributed by atoms with Crippen LogP contribution in [0.15, 0.2) is 42.5 Å². The smallest absolute Gasteiger partial charge is 0.319 e. The molecular weight excluding hydrogens is 388 g/mol. The third kappa shape index (κ3) is 3.79. The summed E-state index contributed by atoms with van der Waals surface area (Å²) in [7, 11) is 0. The SMILES string of the molecule is CCc1ccc(CC)c(C(=O)CN2C(=O)NC(CC)(c3ccc(Cl)cc3)C2=O)c1. The van der Waals surface area contributed by atoms with E-state index in [-0.39, 0.29) is 12.3 Å². The van der Waals surface area contributed by atoms with Crippen LogP contribution in [-0.2, 0) is 23.2 Å². The predicted molar refractivity (Wildman–Crippen MR) is 113 cm³/mol. The number of nitrogens with one attached hydrogen (secondary N) is 1. The van der Waals surface area contributed by atoms with Crippen LogP contribution in [0.3, 0.4) is 0 Å². The Morgan fingerprint density at radius 3 is 2.31 bits per heavy atom. The Hall–Kier alpha value is -2.66. The Balaban J connectivity index is 1.90. The van der Waals surface area contributed by atoms with Crippen molar-refractivity contribution < 1.29 is 14.4 Å². The fourth-order valence-corrected chi connectivity index (χ4v) is 3.91. The molecule has 0 radical (unpaired) electrons. The molecule has 3 rings (SSSR count). The topological polar surface area (TPSA) is 66.5 Å². The highest BCUT2D eigenvalue weighted by molar-refractivity contribution is 6.30. The minimum absolute atomic E-state index is 0.233. The van der Waals surface area contributed by atoms with Crippen molar-refractivity contribution in [1.29, 1.82) is 0 Å². The van der Waals surface area contributed by atoms with Crippen LogP contribution in [0.1, 0.15) is 54.2 Å². The highest BCUT2D eigenvalue weighted by Gasteiger charge is 2.51. The molecule has 1 aliphatic heterocycles. The normalized spacial score (nSPS) is 18.8. The van der Waals surface area contributed by atoms with E-state index in [1.54, 1.807) is 24.3 Å². The van der Waals surface area contributed by atoms with Crippen LogP contribution in [0.4, 0.5) is 4.79 Å². The summed E-state index contributed by atoms with van der Waals surface area (Å²) in [6.45, 7) is 5.56. The molecule has 1 unspecified atom stereocenters. The summed E-state index contributed by atoms with van der Waals surface area (Å²) in [6, 6.07) is 12.1. The van der Waals surface area contributed by atoms with Crippen molar-refractivity contribution >= 4 is 29.3 Å².